The van der Waals surface area contributed by atoms with E-state index in [1.165, 1.54) is 57.3 Å². The molecule has 0 atom stereocenters. The van der Waals surface area contributed by atoms with Crippen LogP contribution in [0.2, 0.25) is 0 Å². The summed E-state index contributed by atoms with van der Waals surface area (Å²) in [7, 11) is 0. The van der Waals surface area contributed by atoms with Crippen molar-refractivity contribution < 1.29 is 4.79 Å². The van der Waals surface area contributed by atoms with Crippen LogP contribution in [0.3, 0.4) is 0 Å². The molecule has 1 saturated heterocycles. The van der Waals surface area contributed by atoms with Gasteiger partial charge in [0.25, 0.3) is 0 Å². The molecule has 142 valence electrons. The predicted octanol–water partition coefficient (Wildman–Crippen LogP) is 5.53. The maximum atomic E-state index is 12.2. The number of unbranched alkanes of at least 4 members (excludes halogenated alkanes) is 1. The highest BCUT2D eigenvalue weighted by atomic mass is 16.1. The Morgan fingerprint density at radius 2 is 1.85 bits per heavy atom. The van der Waals surface area contributed by atoms with Crippen LogP contribution in [-0.2, 0) is 6.54 Å². The quantitative estimate of drug-likeness (QED) is 0.553. The molecule has 3 nitrogen and oxygen atoms in total. The molecule has 0 saturated carbocycles. The van der Waals surface area contributed by atoms with Gasteiger partial charge in [-0.2, -0.15) is 0 Å². The van der Waals surface area contributed by atoms with Gasteiger partial charge in [-0.1, -0.05) is 51.3 Å². The molecule has 0 unspecified atom stereocenters. The van der Waals surface area contributed by atoms with Gasteiger partial charge in [0.05, 0.1) is 0 Å². The summed E-state index contributed by atoms with van der Waals surface area (Å²) in [5.41, 5.74) is 2.09. The van der Waals surface area contributed by atoms with E-state index in [1.807, 2.05) is 13.0 Å². The molecule has 3 rings (SSSR count). The maximum Gasteiger partial charge on any atom is 0.164 e. The van der Waals surface area contributed by atoms with Gasteiger partial charge >= 0.3 is 0 Å². The summed E-state index contributed by atoms with van der Waals surface area (Å²) >= 11 is 0. The first-order valence-corrected chi connectivity index (χ1v) is 10.6. The van der Waals surface area contributed by atoms with E-state index in [4.69, 9.17) is 0 Å². The lowest BCUT2D eigenvalue weighted by atomic mass is 9.91. The second kappa shape index (κ2) is 9.36. The second-order valence-electron chi connectivity index (χ2n) is 7.81. The zero-order chi connectivity index (χ0) is 18.4. The highest BCUT2D eigenvalue weighted by Crippen LogP contribution is 2.24. The van der Waals surface area contributed by atoms with E-state index < -0.39 is 0 Å². The van der Waals surface area contributed by atoms with Crippen molar-refractivity contribution in [1.29, 1.82) is 0 Å². The van der Waals surface area contributed by atoms with Crippen LogP contribution in [0, 0.1) is 5.92 Å². The summed E-state index contributed by atoms with van der Waals surface area (Å²) in [6.45, 7) is 8.93. The van der Waals surface area contributed by atoms with Crippen molar-refractivity contribution in [3.05, 3.63) is 36.0 Å². The average molecular weight is 355 g/mol. The van der Waals surface area contributed by atoms with Gasteiger partial charge in [0.15, 0.2) is 5.78 Å². The number of piperidine rings is 1. The Morgan fingerprint density at radius 1 is 1.08 bits per heavy atom. The number of fused-ring (bicyclic) bond motifs is 1. The number of carbonyl (C=O) groups excluding carboxylic acids is 1. The number of ketones is 1. The number of Topliss-reactive ketones (excluding diaryl/α,β-unsaturated/α-hetero) is 1. The third-order valence-corrected chi connectivity index (χ3v) is 5.96. The van der Waals surface area contributed by atoms with Crippen LogP contribution in [0.25, 0.3) is 10.9 Å². The number of carbonyl (C=O) groups is 1. The van der Waals surface area contributed by atoms with Crippen LogP contribution in [0.4, 0.5) is 0 Å². The molecule has 2 aromatic rings. The Bertz CT molecular complexity index is 710. The molecule has 2 heterocycles. The first-order chi connectivity index (χ1) is 12.7. The molecule has 1 aliphatic heterocycles. The Morgan fingerprint density at radius 3 is 2.58 bits per heavy atom. The lowest BCUT2D eigenvalue weighted by molar-refractivity contribution is 0.0989. The first kappa shape index (κ1) is 19.2. The minimum Gasteiger partial charge on any atom is -0.347 e. The van der Waals surface area contributed by atoms with E-state index >= 15 is 0 Å². The van der Waals surface area contributed by atoms with Gasteiger partial charge in [0.1, 0.15) is 0 Å². The largest absolute Gasteiger partial charge is 0.347 e. The van der Waals surface area contributed by atoms with Crippen molar-refractivity contribution in [2.45, 2.75) is 65.3 Å². The van der Waals surface area contributed by atoms with Crippen LogP contribution < -0.4 is 0 Å². The third-order valence-electron chi connectivity index (χ3n) is 5.96. The lowest BCUT2D eigenvalue weighted by Crippen LogP contribution is -2.34. The Kier molecular flexibility index (Phi) is 6.90. The van der Waals surface area contributed by atoms with E-state index in [2.05, 4.69) is 40.8 Å². The zero-order valence-electron chi connectivity index (χ0n) is 16.5. The SMILES string of the molecule is CCCCC1CCN(CCCn2cc(C(=O)CC)c3ccccc32)CC1. The predicted molar refractivity (Wildman–Crippen MR) is 110 cm³/mol. The van der Waals surface area contributed by atoms with E-state index in [1.54, 1.807) is 0 Å². The fourth-order valence-electron chi connectivity index (χ4n) is 4.30. The lowest BCUT2D eigenvalue weighted by Gasteiger charge is -2.32. The van der Waals surface area contributed by atoms with Gasteiger partial charge in [0.2, 0.25) is 0 Å². The number of hydrogen-bond donors (Lipinski definition) is 0. The highest BCUT2D eigenvalue weighted by Gasteiger charge is 2.18. The zero-order valence-corrected chi connectivity index (χ0v) is 16.5. The second-order valence-corrected chi connectivity index (χ2v) is 7.81. The molecule has 0 radical (unpaired) electrons. The molecule has 3 heteroatoms. The normalized spacial score (nSPS) is 16.4. The molecule has 0 aliphatic carbocycles. The Hall–Kier alpha value is -1.61. The Labute approximate surface area is 158 Å². The molecule has 0 bridgehead atoms. The number of nitrogens with zero attached hydrogens (tertiary/aromatic N) is 2. The molecule has 0 amide bonds. The van der Waals surface area contributed by atoms with Crippen LogP contribution in [0.1, 0.15) is 69.2 Å². The van der Waals surface area contributed by atoms with E-state index in [0.717, 1.165) is 29.8 Å². The summed E-state index contributed by atoms with van der Waals surface area (Å²) in [4.78, 5) is 14.9. The number of rotatable bonds is 9. The van der Waals surface area contributed by atoms with Gasteiger partial charge < -0.3 is 9.47 Å². The maximum absolute atomic E-state index is 12.2. The van der Waals surface area contributed by atoms with Crippen molar-refractivity contribution in [3.8, 4) is 0 Å². The number of hydrogen-bond acceptors (Lipinski definition) is 2. The van der Waals surface area contributed by atoms with E-state index in [0.29, 0.717) is 6.42 Å². The van der Waals surface area contributed by atoms with Crippen molar-refractivity contribution in [3.63, 3.8) is 0 Å². The molecule has 26 heavy (non-hydrogen) atoms. The van der Waals surface area contributed by atoms with Crippen LogP contribution in [0.15, 0.2) is 30.5 Å². The van der Waals surface area contributed by atoms with Gasteiger partial charge in [-0.25, -0.2) is 0 Å². The number of para-hydroxylation sites is 1. The van der Waals surface area contributed by atoms with Crippen molar-refractivity contribution in [2.75, 3.05) is 19.6 Å². The van der Waals surface area contributed by atoms with Crippen molar-refractivity contribution in [2.24, 2.45) is 5.92 Å². The minimum atomic E-state index is 0.245. The Balaban J connectivity index is 1.53. The summed E-state index contributed by atoms with van der Waals surface area (Å²) in [6, 6.07) is 8.32. The van der Waals surface area contributed by atoms with Gasteiger partial charge in [-0.15, -0.1) is 0 Å². The molecular weight excluding hydrogens is 320 g/mol. The van der Waals surface area contributed by atoms with Crippen molar-refractivity contribution in [1.82, 2.24) is 9.47 Å². The van der Waals surface area contributed by atoms with Gasteiger partial charge in [-0.05, 0) is 50.9 Å². The fourth-order valence-corrected chi connectivity index (χ4v) is 4.30. The number of aromatic nitrogens is 1. The fraction of sp³-hybridized carbons (Fsp3) is 0.609. The third kappa shape index (κ3) is 4.56. The smallest absolute Gasteiger partial charge is 0.164 e. The molecule has 1 aliphatic rings. The monoisotopic (exact) mass is 354 g/mol. The molecule has 0 N–H and O–H groups in total. The molecule has 0 spiro atoms. The van der Waals surface area contributed by atoms with Crippen LogP contribution >= 0.6 is 0 Å². The summed E-state index contributed by atoms with van der Waals surface area (Å²) < 4.78 is 2.28. The van der Waals surface area contributed by atoms with Crippen molar-refractivity contribution >= 4 is 16.7 Å². The van der Waals surface area contributed by atoms with Crippen LogP contribution in [-0.4, -0.2) is 34.9 Å². The first-order valence-electron chi connectivity index (χ1n) is 10.6. The van der Waals surface area contributed by atoms with Gasteiger partial charge in [0, 0.05) is 35.6 Å². The highest BCUT2D eigenvalue weighted by molar-refractivity contribution is 6.07. The number of likely N-dealkylation sites (tertiary alicyclic amines) is 1. The summed E-state index contributed by atoms with van der Waals surface area (Å²) in [5.74, 6) is 1.20. The van der Waals surface area contributed by atoms with Gasteiger partial charge in [-0.3, -0.25) is 4.79 Å². The molecule has 1 aromatic carbocycles. The molecule has 1 fully saturated rings. The topological polar surface area (TPSA) is 25.2 Å². The average Bonchev–Trinajstić information content (AvgIpc) is 3.06. The molecular formula is C23H34N2O. The summed E-state index contributed by atoms with van der Waals surface area (Å²) in [5, 5.41) is 1.11. The van der Waals surface area contributed by atoms with E-state index in [-0.39, 0.29) is 5.78 Å². The minimum absolute atomic E-state index is 0.245. The summed E-state index contributed by atoms with van der Waals surface area (Å²) in [6.07, 6.45) is 10.7. The standard InChI is InChI=1S/C23H34N2O/c1-3-5-9-19-12-16-24(17-13-19)14-8-15-25-18-21(23(26)4-2)20-10-6-7-11-22(20)25/h6-7,10-11,18-19H,3-5,8-9,12-17H2,1-2H3. The van der Waals surface area contributed by atoms with E-state index in [9.17, 15) is 4.79 Å². The number of aryl methyl sites for hydroxylation is 1. The number of benzene rings is 1. The molecule has 1 aromatic heterocycles. The van der Waals surface area contributed by atoms with Crippen LogP contribution in [0.5, 0.6) is 0 Å².